The molecule has 1 atom stereocenters. The van der Waals surface area contributed by atoms with Crippen LogP contribution in [0.5, 0.6) is 0 Å². The second-order valence-electron chi connectivity index (χ2n) is 7.80. The molecule has 4 rings (SSSR count). The van der Waals surface area contributed by atoms with Gasteiger partial charge >= 0.3 is 6.09 Å². The topological polar surface area (TPSA) is 98.7 Å². The lowest BCUT2D eigenvalue weighted by Crippen LogP contribution is -2.55. The highest BCUT2D eigenvalue weighted by molar-refractivity contribution is 6.30. The van der Waals surface area contributed by atoms with E-state index in [9.17, 15) is 14.7 Å². The van der Waals surface area contributed by atoms with Crippen LogP contribution in [0.4, 0.5) is 10.6 Å². The van der Waals surface area contributed by atoms with E-state index < -0.39 is 12.1 Å². The third-order valence-corrected chi connectivity index (χ3v) is 5.97. The molecule has 2 amide bonds. The minimum atomic E-state index is -1.22. The molecule has 9 heteroatoms. The van der Waals surface area contributed by atoms with Crippen molar-refractivity contribution in [1.29, 1.82) is 0 Å². The molecule has 0 spiro atoms. The smallest absolute Gasteiger partial charge is 0.405 e. The maximum Gasteiger partial charge on any atom is 0.405 e. The summed E-state index contributed by atoms with van der Waals surface area (Å²) < 4.78 is 0. The van der Waals surface area contributed by atoms with E-state index in [-0.39, 0.29) is 12.3 Å². The fourth-order valence-corrected chi connectivity index (χ4v) is 4.29. The number of para-hydroxylation sites is 1. The van der Waals surface area contributed by atoms with Gasteiger partial charge in [-0.1, -0.05) is 29.8 Å². The van der Waals surface area contributed by atoms with Crippen LogP contribution in [0.1, 0.15) is 11.1 Å². The number of rotatable bonds is 5. The maximum atomic E-state index is 13.2. The van der Waals surface area contributed by atoms with Gasteiger partial charge in [0.1, 0.15) is 18.2 Å². The van der Waals surface area contributed by atoms with Gasteiger partial charge in [-0.15, -0.1) is 0 Å². The van der Waals surface area contributed by atoms with Gasteiger partial charge in [0.05, 0.1) is 5.52 Å². The van der Waals surface area contributed by atoms with Crippen LogP contribution in [0, 0.1) is 6.92 Å². The van der Waals surface area contributed by atoms with Crippen LogP contribution in [0.2, 0.25) is 5.02 Å². The van der Waals surface area contributed by atoms with Crippen LogP contribution in [-0.2, 0) is 11.2 Å². The zero-order valence-corrected chi connectivity index (χ0v) is 18.4. The third kappa shape index (κ3) is 4.75. The molecular weight excluding hydrogens is 430 g/mol. The molecule has 8 nitrogen and oxygen atoms in total. The first-order valence-electron chi connectivity index (χ1n) is 10.4. The SMILES string of the molecule is Cc1cc(Cl)ccc1CC(NC(=O)O)C(=O)N1CCN(c2ncnc3ccccc23)CC1. The summed E-state index contributed by atoms with van der Waals surface area (Å²) in [6.45, 7) is 4.07. The Hall–Kier alpha value is -3.39. The lowest BCUT2D eigenvalue weighted by atomic mass is 10.00. The summed E-state index contributed by atoms with van der Waals surface area (Å²) in [5.74, 6) is 0.619. The molecule has 2 aromatic carbocycles. The van der Waals surface area contributed by atoms with E-state index in [0.717, 1.165) is 27.8 Å². The summed E-state index contributed by atoms with van der Waals surface area (Å²) in [5.41, 5.74) is 2.68. The van der Waals surface area contributed by atoms with Gasteiger partial charge in [-0.25, -0.2) is 14.8 Å². The number of aromatic nitrogens is 2. The monoisotopic (exact) mass is 453 g/mol. The molecule has 0 saturated carbocycles. The third-order valence-electron chi connectivity index (χ3n) is 5.74. The first-order chi connectivity index (χ1) is 15.4. The quantitative estimate of drug-likeness (QED) is 0.615. The van der Waals surface area contributed by atoms with E-state index in [2.05, 4.69) is 20.2 Å². The van der Waals surface area contributed by atoms with Crippen molar-refractivity contribution < 1.29 is 14.7 Å². The van der Waals surface area contributed by atoms with E-state index in [0.29, 0.717) is 31.2 Å². The highest BCUT2D eigenvalue weighted by Gasteiger charge is 2.30. The molecule has 0 radical (unpaired) electrons. The number of carbonyl (C=O) groups is 2. The van der Waals surface area contributed by atoms with Crippen molar-refractivity contribution in [3.8, 4) is 0 Å². The van der Waals surface area contributed by atoms with Crippen LogP contribution in [-0.4, -0.2) is 64.2 Å². The van der Waals surface area contributed by atoms with Crippen molar-refractivity contribution in [3.05, 3.63) is 64.9 Å². The number of hydrogen-bond acceptors (Lipinski definition) is 5. The second kappa shape index (κ2) is 9.40. The summed E-state index contributed by atoms with van der Waals surface area (Å²) in [6, 6.07) is 12.4. The first kappa shape index (κ1) is 21.8. The van der Waals surface area contributed by atoms with Gasteiger partial charge < -0.3 is 20.2 Å². The van der Waals surface area contributed by atoms with Crippen molar-refractivity contribution in [2.75, 3.05) is 31.1 Å². The van der Waals surface area contributed by atoms with Crippen molar-refractivity contribution in [2.24, 2.45) is 0 Å². The molecule has 1 aliphatic rings. The summed E-state index contributed by atoms with van der Waals surface area (Å²) >= 11 is 6.02. The van der Waals surface area contributed by atoms with Gasteiger partial charge in [0.15, 0.2) is 0 Å². The Balaban J connectivity index is 1.47. The van der Waals surface area contributed by atoms with Crippen LogP contribution < -0.4 is 10.2 Å². The standard InChI is InChI=1S/C23H24ClN5O3/c1-15-12-17(24)7-6-16(15)13-20(27-23(31)32)22(30)29-10-8-28(9-11-29)21-18-4-2-3-5-19(18)25-14-26-21/h2-7,12,14,20,27H,8-11,13H2,1H3,(H,31,32). The number of halogens is 1. The Morgan fingerprint density at radius 3 is 2.59 bits per heavy atom. The number of benzene rings is 2. The Labute approximate surface area is 190 Å². The van der Waals surface area contributed by atoms with E-state index in [4.69, 9.17) is 11.6 Å². The van der Waals surface area contributed by atoms with Crippen LogP contribution in [0.15, 0.2) is 48.8 Å². The fourth-order valence-electron chi connectivity index (χ4n) is 4.06. The predicted octanol–water partition coefficient (Wildman–Crippen LogP) is 3.12. The van der Waals surface area contributed by atoms with E-state index in [1.54, 1.807) is 17.3 Å². The molecule has 32 heavy (non-hydrogen) atoms. The minimum Gasteiger partial charge on any atom is -0.465 e. The zero-order valence-electron chi connectivity index (χ0n) is 17.7. The van der Waals surface area contributed by atoms with E-state index >= 15 is 0 Å². The van der Waals surface area contributed by atoms with Crippen LogP contribution >= 0.6 is 11.6 Å². The van der Waals surface area contributed by atoms with Crippen LogP contribution in [0.25, 0.3) is 10.9 Å². The molecule has 0 bridgehead atoms. The molecular formula is C23H24ClN5O3. The predicted molar refractivity (Wildman–Crippen MR) is 123 cm³/mol. The summed E-state index contributed by atoms with van der Waals surface area (Å²) in [6.07, 6.45) is 0.600. The van der Waals surface area contributed by atoms with Gasteiger partial charge in [-0.2, -0.15) is 0 Å². The molecule has 166 valence electrons. The molecule has 3 aromatic rings. The lowest BCUT2D eigenvalue weighted by Gasteiger charge is -2.37. The number of carbonyl (C=O) groups excluding carboxylic acids is 1. The van der Waals surface area contributed by atoms with Gasteiger partial charge in [-0.3, -0.25) is 4.79 Å². The van der Waals surface area contributed by atoms with Gasteiger partial charge in [0.25, 0.3) is 0 Å². The number of aryl methyl sites for hydroxylation is 1. The molecule has 1 fully saturated rings. The van der Waals surface area contributed by atoms with E-state index in [1.165, 1.54) is 0 Å². The van der Waals surface area contributed by atoms with Crippen molar-refractivity contribution in [3.63, 3.8) is 0 Å². The number of piperazine rings is 1. The average molecular weight is 454 g/mol. The maximum absolute atomic E-state index is 13.2. The van der Waals surface area contributed by atoms with Gasteiger partial charge in [0, 0.05) is 43.0 Å². The average Bonchev–Trinajstić information content (AvgIpc) is 2.79. The number of nitrogens with zero attached hydrogens (tertiary/aromatic N) is 4. The number of hydrogen-bond donors (Lipinski definition) is 2. The van der Waals surface area contributed by atoms with Crippen molar-refractivity contribution >= 4 is 40.3 Å². The number of nitrogens with one attached hydrogen (secondary N) is 1. The Morgan fingerprint density at radius 1 is 1.12 bits per heavy atom. The fraction of sp³-hybridized carbons (Fsp3) is 0.304. The molecule has 1 aliphatic heterocycles. The Morgan fingerprint density at radius 2 is 1.88 bits per heavy atom. The molecule has 0 aliphatic carbocycles. The molecule has 1 unspecified atom stereocenters. The molecule has 2 N–H and O–H groups in total. The summed E-state index contributed by atoms with van der Waals surface area (Å²) in [7, 11) is 0. The number of carboxylic acid groups (broad SMARTS) is 1. The lowest BCUT2D eigenvalue weighted by molar-refractivity contribution is -0.133. The molecule has 2 heterocycles. The largest absolute Gasteiger partial charge is 0.465 e. The summed E-state index contributed by atoms with van der Waals surface area (Å²) in [4.78, 5) is 37.2. The Bertz CT molecular complexity index is 1140. The van der Waals surface area contributed by atoms with E-state index in [1.807, 2.05) is 43.3 Å². The van der Waals surface area contributed by atoms with Crippen LogP contribution in [0.3, 0.4) is 0 Å². The number of amides is 2. The van der Waals surface area contributed by atoms with Crippen molar-refractivity contribution in [2.45, 2.75) is 19.4 Å². The van der Waals surface area contributed by atoms with Gasteiger partial charge in [-0.05, 0) is 42.3 Å². The summed E-state index contributed by atoms with van der Waals surface area (Å²) in [5, 5.41) is 13.3. The normalized spacial score (nSPS) is 14.9. The minimum absolute atomic E-state index is 0.228. The molecule has 1 saturated heterocycles. The van der Waals surface area contributed by atoms with Gasteiger partial charge in [0.2, 0.25) is 5.91 Å². The highest BCUT2D eigenvalue weighted by Crippen LogP contribution is 2.24. The second-order valence-corrected chi connectivity index (χ2v) is 8.24. The number of anilines is 1. The first-order valence-corrected chi connectivity index (χ1v) is 10.8. The highest BCUT2D eigenvalue weighted by atomic mass is 35.5. The Kier molecular flexibility index (Phi) is 6.41. The zero-order chi connectivity index (χ0) is 22.7. The van der Waals surface area contributed by atoms with Crippen molar-refractivity contribution in [1.82, 2.24) is 20.2 Å². The number of fused-ring (bicyclic) bond motifs is 1. The molecule has 1 aromatic heterocycles.